The zero-order chi connectivity index (χ0) is 26.4. The molecule has 0 bridgehead atoms. The molecule has 3 fully saturated rings. The summed E-state index contributed by atoms with van der Waals surface area (Å²) in [4.78, 5) is 0. The summed E-state index contributed by atoms with van der Waals surface area (Å²) in [5, 5.41) is 0. The highest BCUT2D eigenvalue weighted by atomic mass is 29.3. The fraction of sp³-hybridized carbons (Fsp3) is 0.647. The van der Waals surface area contributed by atoms with Crippen LogP contribution >= 0.6 is 0 Å². The number of hydrogen-bond donors (Lipinski definition) is 0. The Morgan fingerprint density at radius 2 is 1.35 bits per heavy atom. The first-order valence-electron chi connectivity index (χ1n) is 15.6. The summed E-state index contributed by atoms with van der Waals surface area (Å²) in [5.41, 5.74) is 6.74. The maximum Gasteiger partial charge on any atom is 0.0448 e. The molecule has 0 saturated heterocycles. The van der Waals surface area contributed by atoms with Crippen LogP contribution in [0, 0.1) is 17.8 Å². The highest BCUT2D eigenvalue weighted by Gasteiger charge is 2.57. The summed E-state index contributed by atoms with van der Waals surface area (Å²) >= 11 is 0. The Labute approximate surface area is 231 Å². The SMILES string of the molecule is C[Si](C)(C)CC1CCC([Si](C)(C)[Si](C)(C)C2CCC3C(c4ccccc4-c4ccccc4)CCCC32)C1. The van der Waals surface area contributed by atoms with Crippen LogP contribution in [0.4, 0.5) is 0 Å². The molecule has 37 heavy (non-hydrogen) atoms. The van der Waals surface area contributed by atoms with Gasteiger partial charge in [-0.15, -0.1) is 0 Å². The van der Waals surface area contributed by atoms with Crippen molar-refractivity contribution in [3.8, 4) is 11.1 Å². The molecule has 202 valence electrons. The third kappa shape index (κ3) is 5.43. The second kappa shape index (κ2) is 10.6. The number of benzene rings is 2. The van der Waals surface area contributed by atoms with E-state index in [1.54, 1.807) is 37.3 Å². The maximum atomic E-state index is 2.89. The predicted octanol–water partition coefficient (Wildman–Crippen LogP) is 11.0. The molecule has 2 aromatic rings. The lowest BCUT2D eigenvalue weighted by Crippen LogP contribution is -2.61. The molecule has 3 saturated carbocycles. The maximum absolute atomic E-state index is 2.89. The lowest BCUT2D eigenvalue weighted by Gasteiger charge is -2.50. The summed E-state index contributed by atoms with van der Waals surface area (Å²) in [5.74, 6) is 3.74. The molecule has 2 aromatic carbocycles. The lowest BCUT2D eigenvalue weighted by atomic mass is 9.69. The predicted molar refractivity (Wildman–Crippen MR) is 173 cm³/mol. The highest BCUT2D eigenvalue weighted by molar-refractivity contribution is 7.41. The molecule has 0 aliphatic heterocycles. The average molecular weight is 547 g/mol. The number of fused-ring (bicyclic) bond motifs is 1. The molecule has 0 amide bonds. The molecular weight excluding hydrogens is 493 g/mol. The van der Waals surface area contributed by atoms with Gasteiger partial charge in [0.2, 0.25) is 0 Å². The van der Waals surface area contributed by atoms with Crippen LogP contribution in [-0.2, 0) is 0 Å². The van der Waals surface area contributed by atoms with Crippen molar-refractivity contribution >= 4 is 23.3 Å². The van der Waals surface area contributed by atoms with Gasteiger partial charge in [0.15, 0.2) is 0 Å². The number of rotatable bonds is 7. The third-order valence-electron chi connectivity index (χ3n) is 11.9. The Balaban J connectivity index is 1.36. The fourth-order valence-electron chi connectivity index (χ4n) is 9.57. The first-order valence-corrected chi connectivity index (χ1v) is 26.5. The van der Waals surface area contributed by atoms with Gasteiger partial charge in [0, 0.05) is 23.3 Å². The minimum Gasteiger partial charge on any atom is -0.0711 e. The van der Waals surface area contributed by atoms with Crippen molar-refractivity contribution in [2.45, 2.75) is 120 Å². The fourth-order valence-corrected chi connectivity index (χ4v) is 25.7. The summed E-state index contributed by atoms with van der Waals surface area (Å²) in [6.45, 7) is 19.3. The summed E-state index contributed by atoms with van der Waals surface area (Å²) in [7, 11) is -3.53. The van der Waals surface area contributed by atoms with Crippen LogP contribution in [0.5, 0.6) is 0 Å². The van der Waals surface area contributed by atoms with E-state index in [1.807, 2.05) is 0 Å². The Kier molecular flexibility index (Phi) is 7.90. The highest BCUT2D eigenvalue weighted by Crippen LogP contribution is 2.61. The Hall–Kier alpha value is -0.909. The van der Waals surface area contributed by atoms with Crippen LogP contribution in [-0.4, -0.2) is 23.3 Å². The van der Waals surface area contributed by atoms with Crippen molar-refractivity contribution in [2.75, 3.05) is 0 Å². The second-order valence-electron chi connectivity index (χ2n) is 15.6. The van der Waals surface area contributed by atoms with Crippen LogP contribution in [0.1, 0.15) is 62.8 Å². The van der Waals surface area contributed by atoms with Gasteiger partial charge < -0.3 is 0 Å². The van der Waals surface area contributed by atoms with Crippen molar-refractivity contribution in [2.24, 2.45) is 17.8 Å². The van der Waals surface area contributed by atoms with Gasteiger partial charge in [-0.25, -0.2) is 0 Å². The Bertz CT molecular complexity index is 1050. The molecule has 3 heteroatoms. The molecule has 3 aliphatic rings. The molecule has 3 aliphatic carbocycles. The average Bonchev–Trinajstić information content (AvgIpc) is 3.51. The summed E-state index contributed by atoms with van der Waals surface area (Å²) in [6, 6.07) is 22.2. The monoisotopic (exact) mass is 546 g/mol. The van der Waals surface area contributed by atoms with E-state index in [-0.39, 0.29) is 0 Å². The van der Waals surface area contributed by atoms with E-state index >= 15 is 0 Å². The zero-order valence-electron chi connectivity index (χ0n) is 25.0. The van der Waals surface area contributed by atoms with Crippen molar-refractivity contribution in [1.29, 1.82) is 0 Å². The van der Waals surface area contributed by atoms with Crippen LogP contribution in [0.15, 0.2) is 54.6 Å². The lowest BCUT2D eigenvalue weighted by molar-refractivity contribution is 0.237. The van der Waals surface area contributed by atoms with Gasteiger partial charge in [-0.2, -0.15) is 0 Å². The van der Waals surface area contributed by atoms with Crippen LogP contribution < -0.4 is 0 Å². The van der Waals surface area contributed by atoms with E-state index in [4.69, 9.17) is 0 Å². The van der Waals surface area contributed by atoms with Gasteiger partial charge in [-0.05, 0) is 64.3 Å². The minimum absolute atomic E-state index is 0.766. The van der Waals surface area contributed by atoms with E-state index in [2.05, 4.69) is 100 Å². The van der Waals surface area contributed by atoms with Gasteiger partial charge in [0.25, 0.3) is 0 Å². The molecule has 0 heterocycles. The van der Waals surface area contributed by atoms with E-state index in [1.165, 1.54) is 36.8 Å². The van der Waals surface area contributed by atoms with E-state index in [0.717, 1.165) is 34.8 Å². The Morgan fingerprint density at radius 1 is 0.649 bits per heavy atom. The Morgan fingerprint density at radius 3 is 2.08 bits per heavy atom. The van der Waals surface area contributed by atoms with Gasteiger partial charge in [0.05, 0.1) is 0 Å². The normalized spacial score (nSPS) is 30.9. The standard InChI is InChI=1S/C34H54Si3/c1-35(2,3)25-26-20-21-28(24-26)36(4,5)37(6,7)34-23-22-32-31(18-13-19-33(32)34)30-17-12-11-16-29(30)27-14-9-8-10-15-27/h8-12,14-17,26,28,31-34H,13,18-25H2,1-7H3. The molecular formula is C34H54Si3. The smallest absolute Gasteiger partial charge is 0.0448 e. The van der Waals surface area contributed by atoms with Crippen LogP contribution in [0.2, 0.25) is 63.0 Å². The summed E-state index contributed by atoms with van der Waals surface area (Å²) in [6.07, 6.45) is 12.1. The van der Waals surface area contributed by atoms with Crippen molar-refractivity contribution in [3.63, 3.8) is 0 Å². The second-order valence-corrected chi connectivity index (χ2v) is 37.3. The molecule has 6 atom stereocenters. The van der Waals surface area contributed by atoms with Gasteiger partial charge in [-0.1, -0.05) is 145 Å². The first kappa shape index (κ1) is 27.6. The van der Waals surface area contributed by atoms with E-state index in [0.29, 0.717) is 0 Å². The van der Waals surface area contributed by atoms with E-state index < -0.39 is 23.3 Å². The van der Waals surface area contributed by atoms with Crippen molar-refractivity contribution in [3.05, 3.63) is 60.2 Å². The quantitative estimate of drug-likeness (QED) is 0.303. The molecule has 0 N–H and O–H groups in total. The zero-order valence-corrected chi connectivity index (χ0v) is 28.0. The molecule has 0 spiro atoms. The van der Waals surface area contributed by atoms with Gasteiger partial charge in [-0.3, -0.25) is 0 Å². The number of hydrogen-bond acceptors (Lipinski definition) is 0. The molecule has 0 aromatic heterocycles. The van der Waals surface area contributed by atoms with Gasteiger partial charge >= 0.3 is 0 Å². The third-order valence-corrected chi connectivity index (χ3v) is 34.5. The summed E-state index contributed by atoms with van der Waals surface area (Å²) < 4.78 is 0. The molecule has 5 rings (SSSR count). The van der Waals surface area contributed by atoms with Gasteiger partial charge in [0.1, 0.15) is 0 Å². The molecule has 6 unspecified atom stereocenters. The van der Waals surface area contributed by atoms with Crippen LogP contribution in [0.3, 0.4) is 0 Å². The topological polar surface area (TPSA) is 0 Å². The first-order chi connectivity index (χ1) is 17.5. The largest absolute Gasteiger partial charge is 0.0711 e. The van der Waals surface area contributed by atoms with Crippen LogP contribution in [0.25, 0.3) is 11.1 Å². The van der Waals surface area contributed by atoms with Crippen molar-refractivity contribution in [1.82, 2.24) is 0 Å². The van der Waals surface area contributed by atoms with Crippen molar-refractivity contribution < 1.29 is 0 Å². The van der Waals surface area contributed by atoms with E-state index in [9.17, 15) is 0 Å². The minimum atomic E-state index is -1.32. The molecule has 0 nitrogen and oxygen atoms in total. The molecule has 0 radical (unpaired) electrons.